The molecule has 86 valence electrons. The second kappa shape index (κ2) is 9.81. The Bertz CT molecular complexity index is 118. The van der Waals surface area contributed by atoms with E-state index in [0.29, 0.717) is 0 Å². The molecule has 0 aromatic heterocycles. The van der Waals surface area contributed by atoms with Gasteiger partial charge < -0.3 is 10.2 Å². The average Bonchev–Trinajstić information content (AvgIpc) is 2.13. The summed E-state index contributed by atoms with van der Waals surface area (Å²) < 4.78 is 0. The Morgan fingerprint density at radius 3 is 2.50 bits per heavy atom. The van der Waals surface area contributed by atoms with E-state index in [2.05, 4.69) is 37.4 Å². The zero-order valence-electron chi connectivity index (χ0n) is 10.2. The lowest BCUT2D eigenvalue weighted by molar-refractivity contribution is 0.350. The number of hydrogen-bond acceptors (Lipinski definition) is 3. The van der Waals surface area contributed by atoms with E-state index in [-0.39, 0.29) is 0 Å². The molecule has 0 saturated carbocycles. The van der Waals surface area contributed by atoms with E-state index in [0.717, 1.165) is 19.0 Å². The topological polar surface area (TPSA) is 15.3 Å². The second-order valence-corrected chi connectivity index (χ2v) is 5.21. The molecule has 0 aromatic carbocycles. The van der Waals surface area contributed by atoms with Crippen LogP contribution in [0.25, 0.3) is 0 Å². The van der Waals surface area contributed by atoms with Gasteiger partial charge in [-0.2, -0.15) is 11.8 Å². The maximum atomic E-state index is 3.48. The number of likely N-dealkylation sites (N-methyl/N-ethyl adjacent to an activating group) is 1. The second-order valence-electron chi connectivity index (χ2n) is 4.23. The summed E-state index contributed by atoms with van der Waals surface area (Å²) in [6, 6.07) is 0. The number of rotatable bonds is 9. The molecular formula is C11H26N2S. The Labute approximate surface area is 93.8 Å². The van der Waals surface area contributed by atoms with Gasteiger partial charge in [-0.05, 0) is 32.2 Å². The predicted molar refractivity (Wildman–Crippen MR) is 68.2 cm³/mol. The zero-order chi connectivity index (χ0) is 10.8. The van der Waals surface area contributed by atoms with Crippen molar-refractivity contribution in [1.82, 2.24) is 10.2 Å². The fourth-order valence-corrected chi connectivity index (χ4v) is 1.64. The van der Waals surface area contributed by atoms with E-state index >= 15 is 0 Å². The van der Waals surface area contributed by atoms with Crippen LogP contribution in [0.15, 0.2) is 0 Å². The summed E-state index contributed by atoms with van der Waals surface area (Å²) in [4.78, 5) is 2.39. The van der Waals surface area contributed by atoms with Crippen LogP contribution in [0.4, 0.5) is 0 Å². The third kappa shape index (κ3) is 10.4. The maximum absolute atomic E-state index is 3.48. The number of thioether (sulfide) groups is 1. The smallest absolute Gasteiger partial charge is 0.0104 e. The van der Waals surface area contributed by atoms with Crippen molar-refractivity contribution in [2.24, 2.45) is 5.92 Å². The van der Waals surface area contributed by atoms with Crippen molar-refractivity contribution in [2.75, 3.05) is 45.2 Å². The molecule has 0 saturated heterocycles. The van der Waals surface area contributed by atoms with Crippen molar-refractivity contribution < 1.29 is 0 Å². The molecule has 3 heteroatoms. The molecule has 0 amide bonds. The van der Waals surface area contributed by atoms with Crippen LogP contribution in [0, 0.1) is 5.92 Å². The molecule has 14 heavy (non-hydrogen) atoms. The Hall–Kier alpha value is 0.270. The normalized spacial score (nSPS) is 11.6. The summed E-state index contributed by atoms with van der Waals surface area (Å²) in [5, 5.41) is 3.48. The summed E-state index contributed by atoms with van der Waals surface area (Å²) in [5.41, 5.74) is 0. The van der Waals surface area contributed by atoms with Crippen molar-refractivity contribution in [3.63, 3.8) is 0 Å². The summed E-state index contributed by atoms with van der Waals surface area (Å²) in [7, 11) is 2.19. The van der Waals surface area contributed by atoms with Crippen LogP contribution in [0.3, 0.4) is 0 Å². The molecule has 0 unspecified atom stereocenters. The Balaban J connectivity index is 3.10. The average molecular weight is 218 g/mol. The number of hydrogen-bond donors (Lipinski definition) is 1. The third-order valence-corrected chi connectivity index (χ3v) is 2.84. The minimum Gasteiger partial charge on any atom is -0.315 e. The molecule has 0 aliphatic carbocycles. The summed E-state index contributed by atoms with van der Waals surface area (Å²) >= 11 is 1.92. The van der Waals surface area contributed by atoms with Crippen LogP contribution in [0.5, 0.6) is 0 Å². The Morgan fingerprint density at radius 2 is 1.93 bits per heavy atom. The minimum atomic E-state index is 0.816. The van der Waals surface area contributed by atoms with Gasteiger partial charge in [0.2, 0.25) is 0 Å². The van der Waals surface area contributed by atoms with Crippen LogP contribution in [-0.2, 0) is 0 Å². The molecule has 0 aromatic rings. The highest BCUT2D eigenvalue weighted by molar-refractivity contribution is 7.98. The first kappa shape index (κ1) is 14.3. The number of nitrogens with one attached hydrogen (secondary N) is 1. The van der Waals surface area contributed by atoms with E-state index in [1.165, 1.54) is 25.3 Å². The molecule has 0 heterocycles. The van der Waals surface area contributed by atoms with Gasteiger partial charge in [-0.25, -0.2) is 0 Å². The van der Waals surface area contributed by atoms with Gasteiger partial charge in [-0.15, -0.1) is 0 Å². The first-order valence-corrected chi connectivity index (χ1v) is 6.94. The van der Waals surface area contributed by atoms with Gasteiger partial charge in [0.05, 0.1) is 0 Å². The third-order valence-electron chi connectivity index (χ3n) is 2.25. The molecule has 0 spiro atoms. The van der Waals surface area contributed by atoms with E-state index in [1.54, 1.807) is 0 Å². The van der Waals surface area contributed by atoms with E-state index in [4.69, 9.17) is 0 Å². The molecule has 0 rings (SSSR count). The lowest BCUT2D eigenvalue weighted by Gasteiger charge is -2.16. The monoisotopic (exact) mass is 218 g/mol. The molecular weight excluding hydrogens is 192 g/mol. The van der Waals surface area contributed by atoms with Crippen LogP contribution in [0.1, 0.15) is 20.3 Å². The molecule has 0 bridgehead atoms. The van der Waals surface area contributed by atoms with E-state index in [9.17, 15) is 0 Å². The standard InChI is InChI=1S/C11H26N2S/c1-11(2)5-6-12-7-8-13(3)9-10-14-4/h11-12H,5-10H2,1-4H3. The van der Waals surface area contributed by atoms with Crippen molar-refractivity contribution in [2.45, 2.75) is 20.3 Å². The van der Waals surface area contributed by atoms with Crippen LogP contribution in [0.2, 0.25) is 0 Å². The summed E-state index contributed by atoms with van der Waals surface area (Å²) in [5.74, 6) is 2.05. The molecule has 0 radical (unpaired) electrons. The Morgan fingerprint density at radius 1 is 1.21 bits per heavy atom. The molecule has 0 fully saturated rings. The minimum absolute atomic E-state index is 0.816. The van der Waals surface area contributed by atoms with Gasteiger partial charge in [0, 0.05) is 25.4 Å². The molecule has 1 N–H and O–H groups in total. The van der Waals surface area contributed by atoms with Crippen molar-refractivity contribution in [3.05, 3.63) is 0 Å². The van der Waals surface area contributed by atoms with Crippen molar-refractivity contribution in [1.29, 1.82) is 0 Å². The fraction of sp³-hybridized carbons (Fsp3) is 1.00. The van der Waals surface area contributed by atoms with Gasteiger partial charge in [0.1, 0.15) is 0 Å². The van der Waals surface area contributed by atoms with Crippen molar-refractivity contribution in [3.8, 4) is 0 Å². The zero-order valence-corrected chi connectivity index (χ0v) is 11.0. The van der Waals surface area contributed by atoms with Gasteiger partial charge >= 0.3 is 0 Å². The first-order valence-electron chi connectivity index (χ1n) is 5.55. The van der Waals surface area contributed by atoms with Gasteiger partial charge in [-0.1, -0.05) is 13.8 Å². The van der Waals surface area contributed by atoms with E-state index < -0.39 is 0 Å². The summed E-state index contributed by atoms with van der Waals surface area (Å²) in [6.07, 6.45) is 3.45. The van der Waals surface area contributed by atoms with Crippen LogP contribution in [-0.4, -0.2) is 50.1 Å². The van der Waals surface area contributed by atoms with Gasteiger partial charge in [0.15, 0.2) is 0 Å². The Kier molecular flexibility index (Phi) is 10.0. The molecule has 2 nitrogen and oxygen atoms in total. The first-order chi connectivity index (χ1) is 6.66. The quantitative estimate of drug-likeness (QED) is 0.595. The lowest BCUT2D eigenvalue weighted by atomic mass is 10.1. The lowest BCUT2D eigenvalue weighted by Crippen LogP contribution is -2.31. The SMILES string of the molecule is CSCCN(C)CCNCCC(C)C. The summed E-state index contributed by atoms with van der Waals surface area (Å²) in [6.45, 7) is 9.19. The van der Waals surface area contributed by atoms with Crippen molar-refractivity contribution >= 4 is 11.8 Å². The highest BCUT2D eigenvalue weighted by Crippen LogP contribution is 1.96. The number of nitrogens with zero attached hydrogens (tertiary/aromatic N) is 1. The van der Waals surface area contributed by atoms with Gasteiger partial charge in [0.25, 0.3) is 0 Å². The largest absolute Gasteiger partial charge is 0.315 e. The molecule has 0 aliphatic rings. The maximum Gasteiger partial charge on any atom is 0.0104 e. The van der Waals surface area contributed by atoms with E-state index in [1.807, 2.05) is 11.8 Å². The van der Waals surface area contributed by atoms with Crippen LogP contribution < -0.4 is 5.32 Å². The molecule has 0 atom stereocenters. The highest BCUT2D eigenvalue weighted by Gasteiger charge is 1.97. The van der Waals surface area contributed by atoms with Gasteiger partial charge in [-0.3, -0.25) is 0 Å². The highest BCUT2D eigenvalue weighted by atomic mass is 32.2. The van der Waals surface area contributed by atoms with Crippen LogP contribution >= 0.6 is 11.8 Å². The molecule has 0 aliphatic heterocycles. The fourth-order valence-electron chi connectivity index (χ4n) is 1.14. The predicted octanol–water partition coefficient (Wildman–Crippen LogP) is 1.92.